The minimum absolute atomic E-state index is 0.0298. The quantitative estimate of drug-likeness (QED) is 0.671. The molecule has 0 saturated carbocycles. The number of carbonyl (C=O) groups excluding carboxylic acids is 1. The zero-order valence-electron chi connectivity index (χ0n) is 11.8. The molecule has 0 saturated heterocycles. The molecule has 0 aliphatic carbocycles. The number of carbonyl (C=O) groups is 1. The summed E-state index contributed by atoms with van der Waals surface area (Å²) >= 11 is 11.9. The second kappa shape index (κ2) is 6.81. The van der Waals surface area contributed by atoms with E-state index in [0.717, 1.165) is 0 Å². The van der Waals surface area contributed by atoms with Crippen LogP contribution in [0.4, 0.5) is 0 Å². The summed E-state index contributed by atoms with van der Waals surface area (Å²) in [6, 6.07) is 13.8. The number of nitrogens with zero attached hydrogens (tertiary/aromatic N) is 3. The van der Waals surface area contributed by atoms with Gasteiger partial charge >= 0.3 is 5.97 Å². The number of ether oxygens (including phenoxy) is 1. The molecule has 23 heavy (non-hydrogen) atoms. The molecule has 0 N–H and O–H groups in total. The Hall–Kier alpha value is -2.37. The Bertz CT molecular complexity index is 814. The van der Waals surface area contributed by atoms with Gasteiger partial charge in [0.25, 0.3) is 0 Å². The monoisotopic (exact) mass is 347 g/mol. The molecule has 0 atom stereocenters. The molecule has 0 radical (unpaired) electrons. The van der Waals surface area contributed by atoms with Crippen LogP contribution in [0.5, 0.6) is 0 Å². The highest BCUT2D eigenvalue weighted by molar-refractivity contribution is 6.34. The molecule has 0 unspecified atom stereocenters. The summed E-state index contributed by atoms with van der Waals surface area (Å²) in [5.41, 5.74) is 1.68. The van der Waals surface area contributed by atoms with Crippen molar-refractivity contribution in [3.63, 3.8) is 0 Å². The van der Waals surface area contributed by atoms with Crippen LogP contribution in [0.15, 0.2) is 54.7 Å². The molecule has 5 nitrogen and oxygen atoms in total. The minimum atomic E-state index is -0.411. The van der Waals surface area contributed by atoms with Crippen LogP contribution < -0.4 is 0 Å². The molecule has 3 aromatic rings. The Morgan fingerprint density at radius 2 is 1.78 bits per heavy atom. The third kappa shape index (κ3) is 3.88. The summed E-state index contributed by atoms with van der Waals surface area (Å²) in [4.78, 5) is 11.9. The van der Waals surface area contributed by atoms with Gasteiger partial charge < -0.3 is 4.74 Å². The van der Waals surface area contributed by atoms with Crippen molar-refractivity contribution in [2.45, 2.75) is 6.61 Å². The third-order valence-electron chi connectivity index (χ3n) is 3.01. The fraction of sp³-hybridized carbons (Fsp3) is 0.0625. The number of halogens is 2. The molecule has 0 fully saturated rings. The van der Waals surface area contributed by atoms with Gasteiger partial charge in [0.1, 0.15) is 12.3 Å². The van der Waals surface area contributed by atoms with E-state index in [1.165, 1.54) is 4.68 Å². The number of esters is 1. The largest absolute Gasteiger partial charge is 0.455 e. The van der Waals surface area contributed by atoms with Crippen LogP contribution in [0, 0.1) is 0 Å². The average molecular weight is 348 g/mol. The zero-order chi connectivity index (χ0) is 16.2. The predicted octanol–water partition coefficient (Wildman–Crippen LogP) is 3.93. The van der Waals surface area contributed by atoms with Crippen molar-refractivity contribution in [3.05, 3.63) is 76.0 Å². The Morgan fingerprint density at radius 1 is 1.09 bits per heavy atom. The van der Waals surface area contributed by atoms with Crippen molar-refractivity contribution in [1.82, 2.24) is 15.0 Å². The molecule has 2 aromatic carbocycles. The van der Waals surface area contributed by atoms with E-state index in [-0.39, 0.29) is 6.61 Å². The molecule has 1 heterocycles. The standard InChI is InChI=1S/C16H11Cl2N3O2/c17-12-6-13(18)8-15(7-12)21-9-14(19-20-21)10-23-16(22)11-4-2-1-3-5-11/h1-9H,10H2. The number of benzene rings is 2. The van der Waals surface area contributed by atoms with E-state index in [4.69, 9.17) is 27.9 Å². The van der Waals surface area contributed by atoms with E-state index in [2.05, 4.69) is 10.3 Å². The highest BCUT2D eigenvalue weighted by Gasteiger charge is 2.09. The molecule has 0 bridgehead atoms. The topological polar surface area (TPSA) is 57.0 Å². The maximum atomic E-state index is 11.9. The van der Waals surface area contributed by atoms with Gasteiger partial charge in [0.15, 0.2) is 0 Å². The van der Waals surface area contributed by atoms with Gasteiger partial charge in [-0.15, -0.1) is 5.10 Å². The lowest BCUT2D eigenvalue weighted by Crippen LogP contribution is -2.05. The normalized spacial score (nSPS) is 10.5. The summed E-state index contributed by atoms with van der Waals surface area (Å²) in [5.74, 6) is -0.411. The average Bonchev–Trinajstić information content (AvgIpc) is 3.01. The van der Waals surface area contributed by atoms with Crippen LogP contribution in [0.1, 0.15) is 16.1 Å². The van der Waals surface area contributed by atoms with Gasteiger partial charge in [0.05, 0.1) is 17.4 Å². The van der Waals surface area contributed by atoms with Gasteiger partial charge in [0.2, 0.25) is 0 Å². The predicted molar refractivity (Wildman–Crippen MR) is 86.9 cm³/mol. The molecule has 3 rings (SSSR count). The van der Waals surface area contributed by atoms with Crippen molar-refractivity contribution >= 4 is 29.2 Å². The first-order chi connectivity index (χ1) is 11.1. The number of rotatable bonds is 4. The van der Waals surface area contributed by atoms with Crippen LogP contribution >= 0.6 is 23.2 Å². The smallest absolute Gasteiger partial charge is 0.338 e. The Balaban J connectivity index is 1.69. The molecule has 0 aliphatic rings. The first-order valence-electron chi connectivity index (χ1n) is 6.72. The van der Waals surface area contributed by atoms with Crippen molar-refractivity contribution in [2.75, 3.05) is 0 Å². The maximum Gasteiger partial charge on any atom is 0.338 e. The molecule has 116 valence electrons. The minimum Gasteiger partial charge on any atom is -0.455 e. The Kier molecular flexibility index (Phi) is 4.60. The van der Waals surface area contributed by atoms with Crippen LogP contribution in [-0.2, 0) is 11.3 Å². The number of hydrogen-bond donors (Lipinski definition) is 0. The molecule has 0 aliphatic heterocycles. The lowest BCUT2D eigenvalue weighted by atomic mass is 10.2. The van der Waals surface area contributed by atoms with Gasteiger partial charge in [-0.2, -0.15) is 0 Å². The van der Waals surface area contributed by atoms with E-state index in [1.807, 2.05) is 6.07 Å². The molecule has 7 heteroatoms. The first-order valence-corrected chi connectivity index (χ1v) is 7.47. The van der Waals surface area contributed by atoms with Gasteiger partial charge in [-0.3, -0.25) is 0 Å². The lowest BCUT2D eigenvalue weighted by Gasteiger charge is -2.02. The maximum absolute atomic E-state index is 11.9. The second-order valence-corrected chi connectivity index (χ2v) is 5.60. The summed E-state index contributed by atoms with van der Waals surface area (Å²) < 4.78 is 6.72. The van der Waals surface area contributed by atoms with E-state index >= 15 is 0 Å². The van der Waals surface area contributed by atoms with E-state index < -0.39 is 5.97 Å². The fourth-order valence-electron chi connectivity index (χ4n) is 1.96. The fourth-order valence-corrected chi connectivity index (χ4v) is 2.47. The number of aromatic nitrogens is 3. The second-order valence-electron chi connectivity index (χ2n) is 4.72. The summed E-state index contributed by atoms with van der Waals surface area (Å²) in [5, 5.41) is 8.94. The molecule has 1 aromatic heterocycles. The Labute approximate surface area is 142 Å². The van der Waals surface area contributed by atoms with E-state index in [0.29, 0.717) is 27.0 Å². The summed E-state index contributed by atoms with van der Waals surface area (Å²) in [7, 11) is 0. The number of hydrogen-bond acceptors (Lipinski definition) is 4. The first kappa shape index (κ1) is 15.5. The van der Waals surface area contributed by atoms with Gasteiger partial charge in [-0.05, 0) is 30.3 Å². The highest BCUT2D eigenvalue weighted by atomic mass is 35.5. The lowest BCUT2D eigenvalue weighted by molar-refractivity contribution is 0.0467. The van der Waals surface area contributed by atoms with Crippen LogP contribution in [0.3, 0.4) is 0 Å². The third-order valence-corrected chi connectivity index (χ3v) is 3.45. The SMILES string of the molecule is O=C(OCc1cn(-c2cc(Cl)cc(Cl)c2)nn1)c1ccccc1. The summed E-state index contributed by atoms with van der Waals surface area (Å²) in [6.07, 6.45) is 1.65. The zero-order valence-corrected chi connectivity index (χ0v) is 13.3. The van der Waals surface area contributed by atoms with Gasteiger partial charge in [-0.1, -0.05) is 46.6 Å². The molecule has 0 spiro atoms. The van der Waals surface area contributed by atoms with Crippen molar-refractivity contribution in [2.24, 2.45) is 0 Å². The molecular formula is C16H11Cl2N3O2. The van der Waals surface area contributed by atoms with E-state index in [9.17, 15) is 4.79 Å². The van der Waals surface area contributed by atoms with Crippen LogP contribution in [-0.4, -0.2) is 21.0 Å². The van der Waals surface area contributed by atoms with Crippen molar-refractivity contribution in [1.29, 1.82) is 0 Å². The molecular weight excluding hydrogens is 337 g/mol. The Morgan fingerprint density at radius 3 is 2.48 bits per heavy atom. The highest BCUT2D eigenvalue weighted by Crippen LogP contribution is 2.21. The van der Waals surface area contributed by atoms with Gasteiger partial charge in [0, 0.05) is 10.0 Å². The van der Waals surface area contributed by atoms with E-state index in [1.54, 1.807) is 48.7 Å². The van der Waals surface area contributed by atoms with Crippen molar-refractivity contribution < 1.29 is 9.53 Å². The molecule has 0 amide bonds. The van der Waals surface area contributed by atoms with Crippen LogP contribution in [0.2, 0.25) is 10.0 Å². The van der Waals surface area contributed by atoms with Crippen LogP contribution in [0.25, 0.3) is 5.69 Å². The summed E-state index contributed by atoms with van der Waals surface area (Å²) in [6.45, 7) is 0.0298. The van der Waals surface area contributed by atoms with Gasteiger partial charge in [-0.25, -0.2) is 9.48 Å². The van der Waals surface area contributed by atoms with Crippen molar-refractivity contribution in [3.8, 4) is 5.69 Å².